The van der Waals surface area contributed by atoms with Gasteiger partial charge in [0.15, 0.2) is 0 Å². The topological polar surface area (TPSA) is 40.6 Å². The number of halogens is 2. The van der Waals surface area contributed by atoms with Gasteiger partial charge >= 0.3 is 0 Å². The van der Waals surface area contributed by atoms with Crippen molar-refractivity contribution in [3.8, 4) is 0 Å². The van der Waals surface area contributed by atoms with E-state index in [1.807, 2.05) is 35.2 Å². The number of benzene rings is 3. The Morgan fingerprint density at radius 1 is 0.941 bits per heavy atom. The Bertz CT molecular complexity index is 1240. The molecule has 2 aliphatic rings. The van der Waals surface area contributed by atoms with E-state index in [4.69, 9.17) is 11.6 Å². The first-order valence-electron chi connectivity index (χ1n) is 11.5. The standard InChI is InChI=1S/C27H24ClFN2O2S/c28-21-9-7-10-22(29)20(21)17-31-23-16-18(26(32)30-14-5-1-2-6-15-30)12-13-25(23)34-24-11-4-3-8-19(24)27(31)33/h3-4,7-13,16H,1-2,5-6,14-15,17H2. The molecule has 2 amide bonds. The van der Waals surface area contributed by atoms with Gasteiger partial charge in [0.25, 0.3) is 11.8 Å². The summed E-state index contributed by atoms with van der Waals surface area (Å²) < 4.78 is 14.7. The molecule has 7 heteroatoms. The normalized spacial score (nSPS) is 15.9. The van der Waals surface area contributed by atoms with Gasteiger partial charge in [-0.05, 0) is 55.3 Å². The van der Waals surface area contributed by atoms with Gasteiger partial charge in [-0.2, -0.15) is 0 Å². The smallest absolute Gasteiger partial charge is 0.259 e. The van der Waals surface area contributed by atoms with Crippen LogP contribution in [0.15, 0.2) is 70.5 Å². The van der Waals surface area contributed by atoms with E-state index in [-0.39, 0.29) is 28.9 Å². The van der Waals surface area contributed by atoms with Gasteiger partial charge in [0.2, 0.25) is 0 Å². The minimum Gasteiger partial charge on any atom is -0.339 e. The zero-order valence-electron chi connectivity index (χ0n) is 18.6. The van der Waals surface area contributed by atoms with Crippen LogP contribution < -0.4 is 4.90 Å². The van der Waals surface area contributed by atoms with Crippen LogP contribution in [0.3, 0.4) is 0 Å². The molecule has 0 radical (unpaired) electrons. The Labute approximate surface area is 207 Å². The number of nitrogens with zero attached hydrogens (tertiary/aromatic N) is 2. The molecular formula is C27H24ClFN2O2S. The van der Waals surface area contributed by atoms with Crippen LogP contribution in [-0.2, 0) is 6.54 Å². The van der Waals surface area contributed by atoms with Crippen molar-refractivity contribution in [1.82, 2.24) is 4.90 Å². The van der Waals surface area contributed by atoms with Crippen LogP contribution in [0.1, 0.15) is 52.0 Å². The predicted octanol–water partition coefficient (Wildman–Crippen LogP) is 6.81. The minimum absolute atomic E-state index is 0.0341. The number of carbonyl (C=O) groups is 2. The molecule has 0 aromatic heterocycles. The molecule has 34 heavy (non-hydrogen) atoms. The molecule has 2 aliphatic heterocycles. The number of fused-ring (bicyclic) bond motifs is 2. The van der Waals surface area contributed by atoms with Crippen LogP contribution in [0.25, 0.3) is 0 Å². The van der Waals surface area contributed by atoms with Gasteiger partial charge in [0, 0.05) is 39.0 Å². The molecule has 0 N–H and O–H groups in total. The molecule has 3 aromatic carbocycles. The first kappa shape index (κ1) is 22.9. The van der Waals surface area contributed by atoms with Crippen molar-refractivity contribution in [3.05, 3.63) is 88.2 Å². The van der Waals surface area contributed by atoms with E-state index >= 15 is 0 Å². The van der Waals surface area contributed by atoms with Crippen LogP contribution in [0.5, 0.6) is 0 Å². The second kappa shape index (κ2) is 9.80. The summed E-state index contributed by atoms with van der Waals surface area (Å²) in [6.07, 6.45) is 4.26. The van der Waals surface area contributed by atoms with Gasteiger partial charge in [-0.1, -0.05) is 54.4 Å². The highest BCUT2D eigenvalue weighted by molar-refractivity contribution is 7.99. The van der Waals surface area contributed by atoms with Gasteiger partial charge in [-0.15, -0.1) is 0 Å². The summed E-state index contributed by atoms with van der Waals surface area (Å²) in [5, 5.41) is 0.260. The number of hydrogen-bond donors (Lipinski definition) is 0. The Balaban J connectivity index is 1.59. The van der Waals surface area contributed by atoms with E-state index < -0.39 is 5.82 Å². The van der Waals surface area contributed by atoms with Crippen molar-refractivity contribution in [1.29, 1.82) is 0 Å². The molecule has 0 atom stereocenters. The molecule has 1 saturated heterocycles. The highest BCUT2D eigenvalue weighted by atomic mass is 35.5. The fraction of sp³-hybridized carbons (Fsp3) is 0.259. The molecule has 0 saturated carbocycles. The monoisotopic (exact) mass is 494 g/mol. The number of carbonyl (C=O) groups excluding carboxylic acids is 2. The van der Waals surface area contributed by atoms with E-state index in [0.717, 1.165) is 48.6 Å². The average Bonchev–Trinajstić information content (AvgIpc) is 3.18. The Kier molecular flexibility index (Phi) is 6.61. The Hall–Kier alpha value is -2.83. The fourth-order valence-corrected chi connectivity index (χ4v) is 5.79. The highest BCUT2D eigenvalue weighted by Crippen LogP contribution is 2.43. The van der Waals surface area contributed by atoms with Crippen molar-refractivity contribution in [3.63, 3.8) is 0 Å². The highest BCUT2D eigenvalue weighted by Gasteiger charge is 2.30. The van der Waals surface area contributed by atoms with Crippen molar-refractivity contribution in [2.24, 2.45) is 0 Å². The van der Waals surface area contributed by atoms with Gasteiger partial charge in [0.1, 0.15) is 5.82 Å². The third-order valence-electron chi connectivity index (χ3n) is 6.35. The van der Waals surface area contributed by atoms with Gasteiger partial charge < -0.3 is 9.80 Å². The maximum absolute atomic E-state index is 14.7. The van der Waals surface area contributed by atoms with Crippen LogP contribution >= 0.6 is 23.4 Å². The Morgan fingerprint density at radius 3 is 2.47 bits per heavy atom. The molecule has 2 heterocycles. The predicted molar refractivity (Wildman–Crippen MR) is 133 cm³/mol. The summed E-state index contributed by atoms with van der Waals surface area (Å²) in [6.45, 7) is 1.45. The van der Waals surface area contributed by atoms with Crippen LogP contribution in [0.4, 0.5) is 10.1 Å². The van der Waals surface area contributed by atoms with Crippen molar-refractivity contribution < 1.29 is 14.0 Å². The van der Waals surface area contributed by atoms with Crippen molar-refractivity contribution in [2.45, 2.75) is 42.0 Å². The molecule has 0 spiro atoms. The van der Waals surface area contributed by atoms with Crippen LogP contribution in [0.2, 0.25) is 5.02 Å². The maximum atomic E-state index is 14.7. The summed E-state index contributed by atoms with van der Waals surface area (Å²) in [7, 11) is 0. The lowest BCUT2D eigenvalue weighted by molar-refractivity contribution is 0.0761. The summed E-state index contributed by atoms with van der Waals surface area (Å²) in [5.41, 5.74) is 1.91. The maximum Gasteiger partial charge on any atom is 0.259 e. The molecule has 3 aromatic rings. The minimum atomic E-state index is -0.469. The quantitative estimate of drug-likeness (QED) is 0.401. The van der Waals surface area contributed by atoms with Crippen LogP contribution in [-0.4, -0.2) is 29.8 Å². The van der Waals surface area contributed by atoms with E-state index in [9.17, 15) is 14.0 Å². The van der Waals surface area contributed by atoms with E-state index in [1.54, 1.807) is 24.3 Å². The first-order valence-corrected chi connectivity index (χ1v) is 12.7. The zero-order valence-corrected chi connectivity index (χ0v) is 20.2. The molecule has 0 bridgehead atoms. The van der Waals surface area contributed by atoms with Crippen molar-refractivity contribution in [2.75, 3.05) is 18.0 Å². The summed E-state index contributed by atoms with van der Waals surface area (Å²) in [5.74, 6) is -0.753. The summed E-state index contributed by atoms with van der Waals surface area (Å²) in [4.78, 5) is 32.1. The molecule has 5 rings (SSSR count). The molecular weight excluding hydrogens is 471 g/mol. The van der Waals surface area contributed by atoms with E-state index in [1.165, 1.54) is 22.7 Å². The lowest BCUT2D eigenvalue weighted by Crippen LogP contribution is -2.33. The van der Waals surface area contributed by atoms with Crippen molar-refractivity contribution >= 4 is 40.9 Å². The largest absolute Gasteiger partial charge is 0.339 e. The lowest BCUT2D eigenvalue weighted by Gasteiger charge is -2.25. The molecule has 1 fully saturated rings. The molecule has 0 aliphatic carbocycles. The second-order valence-electron chi connectivity index (χ2n) is 8.58. The average molecular weight is 495 g/mol. The zero-order chi connectivity index (χ0) is 23.7. The third kappa shape index (κ3) is 4.44. The first-order chi connectivity index (χ1) is 16.5. The van der Waals surface area contributed by atoms with E-state index in [0.29, 0.717) is 16.8 Å². The number of likely N-dealkylation sites (tertiary alicyclic amines) is 1. The van der Waals surface area contributed by atoms with Crippen LogP contribution in [0, 0.1) is 5.82 Å². The van der Waals surface area contributed by atoms with Gasteiger partial charge in [0.05, 0.1) is 17.8 Å². The summed E-state index contributed by atoms with van der Waals surface area (Å²) >= 11 is 7.79. The summed E-state index contributed by atoms with van der Waals surface area (Å²) in [6, 6.07) is 17.4. The number of hydrogen-bond acceptors (Lipinski definition) is 3. The number of rotatable bonds is 3. The molecule has 174 valence electrons. The van der Waals surface area contributed by atoms with E-state index in [2.05, 4.69) is 0 Å². The molecule has 4 nitrogen and oxygen atoms in total. The molecule has 0 unspecified atom stereocenters. The lowest BCUT2D eigenvalue weighted by atomic mass is 10.1. The number of amides is 2. The Morgan fingerprint density at radius 2 is 1.71 bits per heavy atom. The second-order valence-corrected chi connectivity index (χ2v) is 10.1. The third-order valence-corrected chi connectivity index (χ3v) is 7.85. The number of anilines is 1. The fourth-order valence-electron chi connectivity index (χ4n) is 4.51. The van der Waals surface area contributed by atoms with Gasteiger partial charge in [-0.25, -0.2) is 4.39 Å². The van der Waals surface area contributed by atoms with Gasteiger partial charge in [-0.3, -0.25) is 9.59 Å². The SMILES string of the molecule is O=C(c1ccc2c(c1)N(Cc1c(F)cccc1Cl)C(=O)c1ccccc1S2)N1CCCCCC1.